The van der Waals surface area contributed by atoms with Crippen molar-refractivity contribution in [2.24, 2.45) is 0 Å². The molecule has 0 saturated heterocycles. The molecule has 2 N–H and O–H groups in total. The van der Waals surface area contributed by atoms with Gasteiger partial charge in [0.25, 0.3) is 5.91 Å². The minimum Gasteiger partial charge on any atom is -0.349 e. The second-order valence-corrected chi connectivity index (χ2v) is 7.22. The van der Waals surface area contributed by atoms with Gasteiger partial charge in [-0.15, -0.1) is 0 Å². The quantitative estimate of drug-likeness (QED) is 0.838. The van der Waals surface area contributed by atoms with E-state index < -0.39 is 10.0 Å². The molecule has 1 aliphatic rings. The summed E-state index contributed by atoms with van der Waals surface area (Å²) < 4.78 is 27.2. The minimum atomic E-state index is -3.68. The number of hydrogen-bond donors (Lipinski definition) is 2. The van der Waals surface area contributed by atoms with Gasteiger partial charge in [-0.3, -0.25) is 9.78 Å². The number of nitrogens with one attached hydrogen (secondary N) is 2. The summed E-state index contributed by atoms with van der Waals surface area (Å²) in [7, 11) is -3.68. The van der Waals surface area contributed by atoms with Gasteiger partial charge < -0.3 is 5.32 Å². The fourth-order valence-electron chi connectivity index (χ4n) is 2.06. The van der Waals surface area contributed by atoms with Crippen LogP contribution in [0.1, 0.15) is 28.8 Å². The Kier molecular flexibility index (Phi) is 4.40. The third kappa shape index (κ3) is 4.14. The zero-order valence-corrected chi connectivity index (χ0v) is 13.2. The number of benzene rings is 1. The average Bonchev–Trinajstić information content (AvgIpc) is 3.38. The SMILES string of the molecule is O=C(NC1CC1)c1cccc(S(=O)(=O)NCc2ccncc2)c1. The molecule has 1 aromatic carbocycles. The Morgan fingerprint density at radius 1 is 1.17 bits per heavy atom. The van der Waals surface area contributed by atoms with Crippen molar-refractivity contribution in [1.29, 1.82) is 0 Å². The first-order chi connectivity index (χ1) is 11.0. The van der Waals surface area contributed by atoms with Crippen LogP contribution < -0.4 is 10.0 Å². The number of nitrogens with zero attached hydrogens (tertiary/aromatic N) is 1. The molecule has 0 aliphatic heterocycles. The molecule has 120 valence electrons. The normalized spacial score (nSPS) is 14.4. The van der Waals surface area contributed by atoms with Crippen molar-refractivity contribution in [2.45, 2.75) is 30.3 Å². The van der Waals surface area contributed by atoms with Crippen LogP contribution >= 0.6 is 0 Å². The van der Waals surface area contributed by atoms with E-state index >= 15 is 0 Å². The molecule has 0 radical (unpaired) electrons. The maximum absolute atomic E-state index is 12.4. The fraction of sp³-hybridized carbons (Fsp3) is 0.250. The molecule has 1 heterocycles. The molecule has 1 saturated carbocycles. The first-order valence-electron chi connectivity index (χ1n) is 7.34. The molecular weight excluding hydrogens is 314 g/mol. The standard InChI is InChI=1S/C16H17N3O3S/c20-16(19-14-4-5-14)13-2-1-3-15(10-13)23(21,22)18-11-12-6-8-17-9-7-12/h1-3,6-10,14,18H,4-5,11H2,(H,19,20). The number of carbonyl (C=O) groups is 1. The van der Waals surface area contributed by atoms with Crippen molar-refractivity contribution in [3.63, 3.8) is 0 Å². The molecule has 1 aromatic heterocycles. The molecule has 1 amide bonds. The van der Waals surface area contributed by atoms with Crippen LogP contribution in [-0.4, -0.2) is 25.4 Å². The van der Waals surface area contributed by atoms with E-state index in [-0.39, 0.29) is 23.4 Å². The largest absolute Gasteiger partial charge is 0.349 e. The molecular formula is C16H17N3O3S. The van der Waals surface area contributed by atoms with E-state index in [4.69, 9.17) is 0 Å². The maximum Gasteiger partial charge on any atom is 0.251 e. The molecule has 0 atom stereocenters. The van der Waals surface area contributed by atoms with Gasteiger partial charge >= 0.3 is 0 Å². The van der Waals surface area contributed by atoms with Gasteiger partial charge in [-0.1, -0.05) is 6.07 Å². The second-order valence-electron chi connectivity index (χ2n) is 5.46. The van der Waals surface area contributed by atoms with Gasteiger partial charge in [-0.2, -0.15) is 0 Å². The van der Waals surface area contributed by atoms with E-state index in [0.717, 1.165) is 18.4 Å². The predicted octanol–water partition coefficient (Wildman–Crippen LogP) is 1.45. The molecule has 2 aromatic rings. The molecule has 7 heteroatoms. The molecule has 1 fully saturated rings. The highest BCUT2D eigenvalue weighted by Crippen LogP contribution is 2.20. The molecule has 0 unspecified atom stereocenters. The van der Waals surface area contributed by atoms with Crippen molar-refractivity contribution in [2.75, 3.05) is 0 Å². The highest BCUT2D eigenvalue weighted by molar-refractivity contribution is 7.89. The summed E-state index contributed by atoms with van der Waals surface area (Å²) in [6.07, 6.45) is 5.17. The van der Waals surface area contributed by atoms with Gasteiger partial charge in [0.2, 0.25) is 10.0 Å². The molecule has 1 aliphatic carbocycles. The smallest absolute Gasteiger partial charge is 0.251 e. The maximum atomic E-state index is 12.4. The van der Waals surface area contributed by atoms with Gasteiger partial charge in [0.15, 0.2) is 0 Å². The van der Waals surface area contributed by atoms with Crippen LogP contribution in [0.3, 0.4) is 0 Å². The van der Waals surface area contributed by atoms with Gasteiger partial charge in [0, 0.05) is 30.5 Å². The summed E-state index contributed by atoms with van der Waals surface area (Å²) in [5.74, 6) is -0.237. The van der Waals surface area contributed by atoms with Gasteiger partial charge in [-0.05, 0) is 48.7 Å². The van der Waals surface area contributed by atoms with E-state index in [2.05, 4.69) is 15.0 Å². The fourth-order valence-corrected chi connectivity index (χ4v) is 3.13. The minimum absolute atomic E-state index is 0.0787. The lowest BCUT2D eigenvalue weighted by molar-refractivity contribution is 0.0951. The Labute approximate surface area is 135 Å². The predicted molar refractivity (Wildman–Crippen MR) is 85.2 cm³/mol. The molecule has 6 nitrogen and oxygen atoms in total. The third-order valence-corrected chi connectivity index (χ3v) is 4.93. The highest BCUT2D eigenvalue weighted by Gasteiger charge is 2.24. The van der Waals surface area contributed by atoms with Crippen LogP contribution in [0.4, 0.5) is 0 Å². The van der Waals surface area contributed by atoms with Crippen LogP contribution in [0.15, 0.2) is 53.7 Å². The van der Waals surface area contributed by atoms with E-state index in [1.807, 2.05) is 0 Å². The Hall–Kier alpha value is -2.25. The molecule has 23 heavy (non-hydrogen) atoms. The number of aromatic nitrogens is 1. The summed E-state index contributed by atoms with van der Waals surface area (Å²) in [6, 6.07) is 9.76. The summed E-state index contributed by atoms with van der Waals surface area (Å²) >= 11 is 0. The van der Waals surface area contributed by atoms with Crippen molar-refractivity contribution in [3.05, 3.63) is 59.9 Å². The van der Waals surface area contributed by atoms with Gasteiger partial charge in [-0.25, -0.2) is 13.1 Å². The number of amides is 1. The number of carbonyl (C=O) groups excluding carboxylic acids is 1. The third-order valence-electron chi connectivity index (χ3n) is 3.53. The zero-order valence-electron chi connectivity index (χ0n) is 12.4. The van der Waals surface area contributed by atoms with Crippen molar-refractivity contribution in [3.8, 4) is 0 Å². The van der Waals surface area contributed by atoms with Gasteiger partial charge in [0.1, 0.15) is 0 Å². The van der Waals surface area contributed by atoms with E-state index in [9.17, 15) is 13.2 Å². The first-order valence-corrected chi connectivity index (χ1v) is 8.82. The average molecular weight is 331 g/mol. The molecule has 0 spiro atoms. The van der Waals surface area contributed by atoms with Gasteiger partial charge in [0.05, 0.1) is 4.90 Å². The topological polar surface area (TPSA) is 88.2 Å². The number of rotatable bonds is 6. The molecule has 0 bridgehead atoms. The van der Waals surface area contributed by atoms with Crippen molar-refractivity contribution in [1.82, 2.24) is 15.0 Å². The van der Waals surface area contributed by atoms with E-state index in [1.54, 1.807) is 36.7 Å². The van der Waals surface area contributed by atoms with Crippen molar-refractivity contribution >= 4 is 15.9 Å². The van der Waals surface area contributed by atoms with Crippen LogP contribution in [-0.2, 0) is 16.6 Å². The van der Waals surface area contributed by atoms with E-state index in [0.29, 0.717) is 5.56 Å². The second kappa shape index (κ2) is 6.47. The lowest BCUT2D eigenvalue weighted by atomic mass is 10.2. The number of pyridine rings is 1. The number of hydrogen-bond acceptors (Lipinski definition) is 4. The van der Waals surface area contributed by atoms with Crippen molar-refractivity contribution < 1.29 is 13.2 Å². The van der Waals surface area contributed by atoms with Crippen LogP contribution in [0, 0.1) is 0 Å². The monoisotopic (exact) mass is 331 g/mol. The summed E-state index contributed by atoms with van der Waals surface area (Å²) in [5, 5.41) is 2.85. The van der Waals surface area contributed by atoms with Crippen LogP contribution in [0.25, 0.3) is 0 Å². The Bertz CT molecular complexity index is 802. The Morgan fingerprint density at radius 2 is 1.91 bits per heavy atom. The first kappa shape index (κ1) is 15.6. The Balaban J connectivity index is 1.72. The van der Waals surface area contributed by atoms with Crippen LogP contribution in [0.5, 0.6) is 0 Å². The lowest BCUT2D eigenvalue weighted by Crippen LogP contribution is -2.26. The summed E-state index contributed by atoms with van der Waals surface area (Å²) in [5.41, 5.74) is 1.16. The summed E-state index contributed by atoms with van der Waals surface area (Å²) in [6.45, 7) is 0.170. The molecule has 3 rings (SSSR count). The highest BCUT2D eigenvalue weighted by atomic mass is 32.2. The van der Waals surface area contributed by atoms with E-state index in [1.165, 1.54) is 12.1 Å². The number of sulfonamides is 1. The van der Waals surface area contributed by atoms with Crippen LogP contribution in [0.2, 0.25) is 0 Å². The Morgan fingerprint density at radius 3 is 2.61 bits per heavy atom. The lowest BCUT2D eigenvalue weighted by Gasteiger charge is -2.09. The summed E-state index contributed by atoms with van der Waals surface area (Å²) in [4.78, 5) is 16.0. The zero-order chi connectivity index (χ0) is 16.3.